The van der Waals surface area contributed by atoms with E-state index in [2.05, 4.69) is 15.3 Å². The van der Waals surface area contributed by atoms with Crippen LogP contribution in [-0.4, -0.2) is 78.1 Å². The van der Waals surface area contributed by atoms with E-state index in [-0.39, 0.29) is 18.1 Å². The van der Waals surface area contributed by atoms with Crippen molar-refractivity contribution >= 4 is 33.7 Å². The Morgan fingerprint density at radius 1 is 1.33 bits per heavy atom. The van der Waals surface area contributed by atoms with Gasteiger partial charge >= 0.3 is 6.01 Å². The van der Waals surface area contributed by atoms with Gasteiger partial charge in [0, 0.05) is 19.4 Å². The molecule has 3 atom stereocenters. The fourth-order valence-corrected chi connectivity index (χ4v) is 3.45. The first-order valence-electron chi connectivity index (χ1n) is 9.07. The maximum Gasteiger partial charge on any atom is 0.311 e. The maximum atomic E-state index is 12.7. The number of thioether (sulfide) groups is 1. The van der Waals surface area contributed by atoms with E-state index in [1.807, 2.05) is 6.26 Å². The van der Waals surface area contributed by atoms with E-state index in [1.54, 1.807) is 24.5 Å². The molecule has 1 amide bonds. The lowest BCUT2D eigenvalue weighted by molar-refractivity contribution is -0.00410. The van der Waals surface area contributed by atoms with Crippen molar-refractivity contribution in [2.75, 3.05) is 29.6 Å². The van der Waals surface area contributed by atoms with Crippen molar-refractivity contribution in [2.24, 2.45) is 0 Å². The molecule has 0 aliphatic heterocycles. The van der Waals surface area contributed by atoms with Gasteiger partial charge < -0.3 is 19.9 Å². The molecule has 0 radical (unpaired) electrons. The molecule has 166 valence electrons. The first-order valence-corrected chi connectivity index (χ1v) is 12.3. The van der Waals surface area contributed by atoms with E-state index in [1.165, 1.54) is 18.8 Å². The Kier molecular flexibility index (Phi) is 8.65. The van der Waals surface area contributed by atoms with Crippen LogP contribution in [-0.2, 0) is 16.4 Å². The Morgan fingerprint density at radius 3 is 2.60 bits per heavy atom. The first-order chi connectivity index (χ1) is 14.1. The van der Waals surface area contributed by atoms with Crippen LogP contribution >= 0.6 is 11.8 Å². The van der Waals surface area contributed by atoms with Gasteiger partial charge in [0.05, 0.1) is 18.4 Å². The van der Waals surface area contributed by atoms with Gasteiger partial charge in [-0.1, -0.05) is 0 Å². The molecule has 2 heterocycles. The topological polar surface area (TPSA) is 146 Å². The number of nitrogens with one attached hydrogen (secondary N) is 1. The summed E-state index contributed by atoms with van der Waals surface area (Å²) in [6, 6.07) is 2.42. The molecule has 2 aromatic heterocycles. The molecule has 3 N–H and O–H groups in total. The summed E-state index contributed by atoms with van der Waals surface area (Å²) in [5, 5.41) is 23.6. The highest BCUT2D eigenvalue weighted by Gasteiger charge is 2.29. The molecule has 0 aliphatic carbocycles. The van der Waals surface area contributed by atoms with Gasteiger partial charge in [-0.25, -0.2) is 12.7 Å². The molecule has 0 bridgehead atoms. The van der Waals surface area contributed by atoms with Gasteiger partial charge in [0.25, 0.3) is 5.91 Å². The summed E-state index contributed by atoms with van der Waals surface area (Å²) in [6.07, 6.45) is 5.45. The normalized spacial score (nSPS) is 14.7. The van der Waals surface area contributed by atoms with E-state index >= 15 is 0 Å². The second kappa shape index (κ2) is 10.8. The van der Waals surface area contributed by atoms with Crippen molar-refractivity contribution in [3.05, 3.63) is 42.0 Å². The number of hydrogen-bond donors (Lipinski definition) is 3. The van der Waals surface area contributed by atoms with Gasteiger partial charge in [-0.3, -0.25) is 9.78 Å². The van der Waals surface area contributed by atoms with Gasteiger partial charge in [-0.2, -0.15) is 16.7 Å². The number of aromatic nitrogens is 2. The van der Waals surface area contributed by atoms with Crippen LogP contribution < -0.4 is 9.62 Å². The quantitative estimate of drug-likeness (QED) is 0.432. The van der Waals surface area contributed by atoms with E-state index < -0.39 is 34.2 Å². The lowest BCUT2D eigenvalue weighted by Crippen LogP contribution is -2.50. The van der Waals surface area contributed by atoms with Crippen LogP contribution in [0.25, 0.3) is 0 Å². The average Bonchev–Trinajstić information content (AvgIpc) is 3.20. The fourth-order valence-electron chi connectivity index (χ4n) is 2.60. The van der Waals surface area contributed by atoms with Gasteiger partial charge in [0.2, 0.25) is 10.0 Å². The van der Waals surface area contributed by atoms with Crippen LogP contribution in [0.1, 0.15) is 22.5 Å². The van der Waals surface area contributed by atoms with Gasteiger partial charge in [0.15, 0.2) is 5.69 Å². The number of amides is 1. The van der Waals surface area contributed by atoms with Crippen molar-refractivity contribution in [3.8, 4) is 0 Å². The highest BCUT2D eigenvalue weighted by Crippen LogP contribution is 2.16. The maximum absolute atomic E-state index is 12.7. The summed E-state index contributed by atoms with van der Waals surface area (Å²) < 4.78 is 29.1. The lowest BCUT2D eigenvalue weighted by atomic mass is 9.97. The standard InChI is InChI=1S/C18H26N4O6S2/c1-22(30(3,26)27)18-21-14(11-28-18)17(25)20-13(10-12-4-7-19-8-5-12)16(24)15(23)6-9-29-2/h4-5,7-8,11,13,15-16,23-24H,6,9-10H2,1-3H3,(H,20,25). The predicted octanol–water partition coefficient (Wildman–Crippen LogP) is 0.281. The van der Waals surface area contributed by atoms with E-state index in [0.717, 1.165) is 22.4 Å². The first kappa shape index (κ1) is 24.1. The molecule has 3 unspecified atom stereocenters. The number of oxazole rings is 1. The van der Waals surface area contributed by atoms with Crippen LogP contribution in [0.2, 0.25) is 0 Å². The summed E-state index contributed by atoms with van der Waals surface area (Å²) >= 11 is 1.54. The number of carbonyl (C=O) groups excluding carboxylic acids is 1. The van der Waals surface area contributed by atoms with Gasteiger partial charge in [-0.05, 0) is 42.5 Å². The van der Waals surface area contributed by atoms with Crippen LogP contribution in [0.15, 0.2) is 35.2 Å². The molecule has 30 heavy (non-hydrogen) atoms. The number of nitrogens with zero attached hydrogens (tertiary/aromatic N) is 3. The molecule has 0 aliphatic rings. The van der Waals surface area contributed by atoms with Crippen molar-refractivity contribution in [3.63, 3.8) is 0 Å². The van der Waals surface area contributed by atoms with E-state index in [9.17, 15) is 23.4 Å². The van der Waals surface area contributed by atoms with Crippen molar-refractivity contribution < 1.29 is 27.8 Å². The number of hydrogen-bond acceptors (Lipinski definition) is 9. The molecule has 0 saturated heterocycles. The zero-order valence-corrected chi connectivity index (χ0v) is 18.6. The van der Waals surface area contributed by atoms with Crippen molar-refractivity contribution in [1.29, 1.82) is 0 Å². The molecule has 12 heteroatoms. The van der Waals surface area contributed by atoms with Crippen LogP contribution in [0.3, 0.4) is 0 Å². The Bertz CT molecular complexity index is 922. The minimum Gasteiger partial charge on any atom is -0.430 e. The third-order valence-corrected chi connectivity index (χ3v) is 6.23. The summed E-state index contributed by atoms with van der Waals surface area (Å²) in [6.45, 7) is 0. The Morgan fingerprint density at radius 2 is 2.00 bits per heavy atom. The smallest absolute Gasteiger partial charge is 0.311 e. The second-order valence-electron chi connectivity index (χ2n) is 6.72. The molecular weight excluding hydrogens is 432 g/mol. The largest absolute Gasteiger partial charge is 0.430 e. The predicted molar refractivity (Wildman–Crippen MR) is 114 cm³/mol. The molecule has 0 fully saturated rings. The molecule has 0 spiro atoms. The van der Waals surface area contributed by atoms with Gasteiger partial charge in [0.1, 0.15) is 12.4 Å². The Balaban J connectivity index is 2.18. The van der Waals surface area contributed by atoms with Crippen LogP contribution in [0, 0.1) is 0 Å². The monoisotopic (exact) mass is 458 g/mol. The van der Waals surface area contributed by atoms with Gasteiger partial charge in [-0.15, -0.1) is 0 Å². The van der Waals surface area contributed by atoms with Crippen molar-refractivity contribution in [1.82, 2.24) is 15.3 Å². The second-order valence-corrected chi connectivity index (χ2v) is 9.72. The lowest BCUT2D eigenvalue weighted by Gasteiger charge is -2.27. The summed E-state index contributed by atoms with van der Waals surface area (Å²) in [7, 11) is -2.35. The average molecular weight is 459 g/mol. The van der Waals surface area contributed by atoms with Crippen LogP contribution in [0.4, 0.5) is 6.01 Å². The number of aliphatic hydroxyl groups excluding tert-OH is 2. The molecule has 0 aromatic carbocycles. The number of anilines is 1. The minimum absolute atomic E-state index is 0.147. The SMILES string of the molecule is CSCCC(O)C(O)C(Cc1ccncc1)NC(=O)c1coc(N(C)S(C)(=O)=O)n1. The number of carbonyl (C=O) groups is 1. The number of rotatable bonds is 11. The van der Waals surface area contributed by atoms with E-state index in [4.69, 9.17) is 4.42 Å². The Labute approximate surface area is 179 Å². The summed E-state index contributed by atoms with van der Waals surface area (Å²) in [4.78, 5) is 20.5. The van der Waals surface area contributed by atoms with E-state index in [0.29, 0.717) is 12.2 Å². The molecule has 2 aromatic rings. The Hall–Kier alpha value is -2.15. The van der Waals surface area contributed by atoms with Crippen LogP contribution in [0.5, 0.6) is 0 Å². The highest BCUT2D eigenvalue weighted by atomic mass is 32.2. The highest BCUT2D eigenvalue weighted by molar-refractivity contribution is 7.98. The summed E-state index contributed by atoms with van der Waals surface area (Å²) in [5.74, 6) is -0.0133. The fraction of sp³-hybridized carbons (Fsp3) is 0.500. The molecular formula is C18H26N4O6S2. The zero-order valence-electron chi connectivity index (χ0n) is 16.9. The number of sulfonamides is 1. The number of pyridine rings is 1. The molecule has 0 saturated carbocycles. The van der Waals surface area contributed by atoms with Crippen molar-refractivity contribution in [2.45, 2.75) is 31.1 Å². The zero-order chi connectivity index (χ0) is 22.3. The summed E-state index contributed by atoms with van der Waals surface area (Å²) in [5.41, 5.74) is 0.662. The molecule has 2 rings (SSSR count). The molecule has 10 nitrogen and oxygen atoms in total. The third kappa shape index (κ3) is 6.69. The minimum atomic E-state index is -3.60. The number of aliphatic hydroxyl groups is 2. The third-order valence-electron chi connectivity index (χ3n) is 4.44.